The Morgan fingerprint density at radius 1 is 0.375 bits per heavy atom. The molecule has 0 spiro atoms. The lowest BCUT2D eigenvalue weighted by Crippen LogP contribution is -2.30. The van der Waals surface area contributed by atoms with E-state index >= 15 is 0 Å². The second-order valence-electron chi connectivity index (χ2n) is 14.5. The Hall–Kier alpha value is -3.41. The van der Waals surface area contributed by atoms with Crippen molar-refractivity contribution < 1.29 is 28.6 Å². The van der Waals surface area contributed by atoms with Crippen LogP contribution >= 0.6 is 0 Å². The molecule has 0 aromatic rings. The molecule has 0 heterocycles. The SMILES string of the molecule is CC/C=C\C/C=C\C/C=C\CCCCCCCCC(=O)OCC(COC(=O)CCCCCC/C=C\CCCC)OC(=O)CCCC/C=C\C/C=C\C/C=C\CC. The van der Waals surface area contributed by atoms with Crippen molar-refractivity contribution in [3.63, 3.8) is 0 Å². The second-order valence-corrected chi connectivity index (χ2v) is 14.5. The van der Waals surface area contributed by atoms with Crippen molar-refractivity contribution in [2.75, 3.05) is 13.2 Å². The van der Waals surface area contributed by atoms with Crippen LogP contribution in [-0.2, 0) is 28.6 Å². The highest BCUT2D eigenvalue weighted by atomic mass is 16.6. The zero-order chi connectivity index (χ0) is 40.8. The Bertz CT molecular complexity index is 1120. The van der Waals surface area contributed by atoms with E-state index < -0.39 is 6.10 Å². The Kier molecular flexibility index (Phi) is 41.6. The normalized spacial score (nSPS) is 12.8. The second kappa shape index (κ2) is 44.3. The van der Waals surface area contributed by atoms with Crippen LogP contribution in [0.15, 0.2) is 85.1 Å². The van der Waals surface area contributed by atoms with E-state index in [2.05, 4.69) is 106 Å². The zero-order valence-electron chi connectivity index (χ0n) is 36.1. The Morgan fingerprint density at radius 2 is 0.696 bits per heavy atom. The largest absolute Gasteiger partial charge is 0.462 e. The van der Waals surface area contributed by atoms with E-state index in [1.54, 1.807) is 0 Å². The molecule has 0 aromatic heterocycles. The molecule has 318 valence electrons. The molecule has 56 heavy (non-hydrogen) atoms. The van der Waals surface area contributed by atoms with Gasteiger partial charge in [0.1, 0.15) is 13.2 Å². The van der Waals surface area contributed by atoms with Crippen LogP contribution in [0.2, 0.25) is 0 Å². The summed E-state index contributed by atoms with van der Waals surface area (Å²) in [5.41, 5.74) is 0. The maximum atomic E-state index is 12.7. The van der Waals surface area contributed by atoms with Gasteiger partial charge in [0.25, 0.3) is 0 Å². The summed E-state index contributed by atoms with van der Waals surface area (Å²) in [5, 5.41) is 0. The predicted octanol–water partition coefficient (Wildman–Crippen LogP) is 14.5. The van der Waals surface area contributed by atoms with Crippen molar-refractivity contribution in [3.05, 3.63) is 85.1 Å². The molecule has 0 amide bonds. The number of hydrogen-bond acceptors (Lipinski definition) is 6. The van der Waals surface area contributed by atoms with Crippen molar-refractivity contribution in [2.45, 2.75) is 200 Å². The van der Waals surface area contributed by atoms with Crippen LogP contribution in [0.3, 0.4) is 0 Å². The molecule has 0 aromatic carbocycles. The first-order valence-corrected chi connectivity index (χ1v) is 22.6. The van der Waals surface area contributed by atoms with Crippen molar-refractivity contribution >= 4 is 17.9 Å². The first kappa shape index (κ1) is 52.6. The molecular weight excluding hydrogens is 697 g/mol. The van der Waals surface area contributed by atoms with Gasteiger partial charge in [0.15, 0.2) is 6.10 Å². The summed E-state index contributed by atoms with van der Waals surface area (Å²) in [6.45, 7) is 6.28. The molecule has 0 N–H and O–H groups in total. The van der Waals surface area contributed by atoms with E-state index in [1.807, 2.05) is 0 Å². The summed E-state index contributed by atoms with van der Waals surface area (Å²) in [6, 6.07) is 0. The highest BCUT2D eigenvalue weighted by Gasteiger charge is 2.19. The van der Waals surface area contributed by atoms with Crippen molar-refractivity contribution in [3.8, 4) is 0 Å². The first-order valence-electron chi connectivity index (χ1n) is 22.6. The van der Waals surface area contributed by atoms with Gasteiger partial charge in [-0.05, 0) is 103 Å². The summed E-state index contributed by atoms with van der Waals surface area (Å²) in [5.74, 6) is -0.979. The molecule has 0 aliphatic carbocycles. The topological polar surface area (TPSA) is 78.9 Å². The van der Waals surface area contributed by atoms with Crippen LogP contribution in [0.4, 0.5) is 0 Å². The van der Waals surface area contributed by atoms with Gasteiger partial charge in [-0.15, -0.1) is 0 Å². The number of rotatable bonds is 39. The summed E-state index contributed by atoms with van der Waals surface area (Å²) in [6.07, 6.45) is 55.7. The van der Waals surface area contributed by atoms with E-state index in [-0.39, 0.29) is 37.5 Å². The molecule has 1 unspecified atom stereocenters. The molecular formula is C50H82O6. The third-order valence-corrected chi connectivity index (χ3v) is 9.11. The fourth-order valence-corrected chi connectivity index (χ4v) is 5.74. The summed E-state index contributed by atoms with van der Waals surface area (Å²) < 4.78 is 16.6. The average Bonchev–Trinajstić information content (AvgIpc) is 3.19. The van der Waals surface area contributed by atoms with E-state index in [0.717, 1.165) is 122 Å². The fourth-order valence-electron chi connectivity index (χ4n) is 5.74. The van der Waals surface area contributed by atoms with Gasteiger partial charge in [-0.25, -0.2) is 0 Å². The number of esters is 3. The monoisotopic (exact) mass is 779 g/mol. The molecule has 0 saturated heterocycles. The lowest BCUT2D eigenvalue weighted by atomic mass is 10.1. The molecule has 6 heteroatoms. The molecule has 0 saturated carbocycles. The minimum Gasteiger partial charge on any atom is -0.462 e. The highest BCUT2D eigenvalue weighted by Crippen LogP contribution is 2.12. The third kappa shape index (κ3) is 41.7. The van der Waals surface area contributed by atoms with Gasteiger partial charge in [-0.1, -0.05) is 157 Å². The van der Waals surface area contributed by atoms with Crippen LogP contribution in [0.5, 0.6) is 0 Å². The van der Waals surface area contributed by atoms with Crippen LogP contribution in [-0.4, -0.2) is 37.2 Å². The zero-order valence-corrected chi connectivity index (χ0v) is 36.1. The average molecular weight is 779 g/mol. The minimum absolute atomic E-state index is 0.104. The van der Waals surface area contributed by atoms with Crippen LogP contribution in [0, 0.1) is 0 Å². The minimum atomic E-state index is -0.804. The molecule has 6 nitrogen and oxygen atoms in total. The van der Waals surface area contributed by atoms with Crippen LogP contribution in [0.1, 0.15) is 194 Å². The van der Waals surface area contributed by atoms with Gasteiger partial charge in [0.2, 0.25) is 0 Å². The first-order chi connectivity index (χ1) is 27.5. The van der Waals surface area contributed by atoms with Crippen molar-refractivity contribution in [1.29, 1.82) is 0 Å². The molecule has 1 atom stereocenters. The van der Waals surface area contributed by atoms with E-state index in [0.29, 0.717) is 19.3 Å². The van der Waals surface area contributed by atoms with Crippen molar-refractivity contribution in [2.24, 2.45) is 0 Å². The van der Waals surface area contributed by atoms with E-state index in [1.165, 1.54) is 25.7 Å². The Balaban J connectivity index is 4.45. The van der Waals surface area contributed by atoms with E-state index in [9.17, 15) is 14.4 Å². The Labute approximate surface area is 344 Å². The highest BCUT2D eigenvalue weighted by molar-refractivity contribution is 5.71. The van der Waals surface area contributed by atoms with Crippen LogP contribution < -0.4 is 0 Å². The molecule has 0 aliphatic rings. The smallest absolute Gasteiger partial charge is 0.306 e. The van der Waals surface area contributed by atoms with Gasteiger partial charge in [-0.3, -0.25) is 14.4 Å². The van der Waals surface area contributed by atoms with E-state index in [4.69, 9.17) is 14.2 Å². The summed E-state index contributed by atoms with van der Waals surface area (Å²) >= 11 is 0. The predicted molar refractivity (Wildman–Crippen MR) is 237 cm³/mol. The van der Waals surface area contributed by atoms with Gasteiger partial charge >= 0.3 is 17.9 Å². The molecule has 0 bridgehead atoms. The maximum Gasteiger partial charge on any atom is 0.306 e. The van der Waals surface area contributed by atoms with Crippen molar-refractivity contribution in [1.82, 2.24) is 0 Å². The number of hydrogen-bond donors (Lipinski definition) is 0. The van der Waals surface area contributed by atoms with Gasteiger partial charge in [0, 0.05) is 19.3 Å². The maximum absolute atomic E-state index is 12.7. The third-order valence-electron chi connectivity index (χ3n) is 9.11. The molecule has 0 radical (unpaired) electrons. The number of unbranched alkanes of at least 4 members (excludes halogenated alkanes) is 14. The van der Waals surface area contributed by atoms with Crippen LogP contribution in [0.25, 0.3) is 0 Å². The molecule has 0 rings (SSSR count). The quantitative estimate of drug-likeness (QED) is 0.0268. The Morgan fingerprint density at radius 3 is 1.14 bits per heavy atom. The number of allylic oxidation sites excluding steroid dienone is 14. The molecule has 0 aliphatic heterocycles. The summed E-state index contributed by atoms with van der Waals surface area (Å²) in [4.78, 5) is 37.7. The summed E-state index contributed by atoms with van der Waals surface area (Å²) in [7, 11) is 0. The lowest BCUT2D eigenvalue weighted by Gasteiger charge is -2.18. The number of ether oxygens (including phenoxy) is 3. The standard InChI is InChI=1S/C50H82O6/c1-4-7-10-13-16-19-22-24-25-26-27-29-31-34-37-40-43-49(52)55-46-47(45-54-48(51)42-39-36-33-30-21-18-15-12-9-6-3)56-50(53)44-41-38-35-32-28-23-20-17-14-11-8-5-2/h7-8,10-11,15-20,24-25,28,32,47H,4-6,9,12-14,21-23,26-27,29-31,33-46H2,1-3H3/b10-7-,11-8-,18-15-,19-16-,20-17-,25-24-,32-28-. The van der Waals surface area contributed by atoms with Gasteiger partial charge in [-0.2, -0.15) is 0 Å². The lowest BCUT2D eigenvalue weighted by molar-refractivity contribution is -0.167. The van der Waals surface area contributed by atoms with Gasteiger partial charge < -0.3 is 14.2 Å². The number of carbonyl (C=O) groups excluding carboxylic acids is 3. The molecule has 0 fully saturated rings. The number of carbonyl (C=O) groups is 3. The fraction of sp³-hybridized carbons (Fsp3) is 0.660. The van der Waals surface area contributed by atoms with Gasteiger partial charge in [0.05, 0.1) is 0 Å².